The molecule has 1 aliphatic heterocycles. The zero-order valence-corrected chi connectivity index (χ0v) is 11.5. The van der Waals surface area contributed by atoms with Gasteiger partial charge in [-0.15, -0.1) is 0 Å². The molecule has 2 rings (SSSR count). The zero-order valence-electron chi connectivity index (χ0n) is 10.7. The van der Waals surface area contributed by atoms with E-state index in [0.717, 1.165) is 0 Å². The molecule has 1 fully saturated rings. The fourth-order valence-electron chi connectivity index (χ4n) is 2.33. The van der Waals surface area contributed by atoms with Crippen LogP contribution in [0.2, 0.25) is 0 Å². The van der Waals surface area contributed by atoms with Gasteiger partial charge in [0.05, 0.1) is 0 Å². The summed E-state index contributed by atoms with van der Waals surface area (Å²) in [6.45, 7) is 4.38. The van der Waals surface area contributed by atoms with E-state index in [9.17, 15) is 4.79 Å². The Morgan fingerprint density at radius 1 is 1.39 bits per heavy atom. The number of rotatable bonds is 3. The molecule has 0 saturated carbocycles. The van der Waals surface area contributed by atoms with E-state index in [4.69, 9.17) is 5.11 Å². The van der Waals surface area contributed by atoms with Gasteiger partial charge in [-0.2, -0.15) is 11.8 Å². The monoisotopic (exact) mass is 265 g/mol. The number of carboxylic acid groups (broad SMARTS) is 1. The maximum Gasteiger partial charge on any atom is 0.321 e. The average Bonchev–Trinajstić information content (AvgIpc) is 2.39. The number of hydrogen-bond donors (Lipinski definition) is 2. The van der Waals surface area contributed by atoms with Gasteiger partial charge in [0.25, 0.3) is 0 Å². The summed E-state index contributed by atoms with van der Waals surface area (Å²) in [5, 5.41) is 12.9. The first-order valence-corrected chi connectivity index (χ1v) is 7.30. The number of hydrogen-bond acceptors (Lipinski definition) is 3. The van der Waals surface area contributed by atoms with Gasteiger partial charge < -0.3 is 5.11 Å². The first-order chi connectivity index (χ1) is 8.59. The zero-order chi connectivity index (χ0) is 13.1. The molecule has 1 saturated heterocycles. The van der Waals surface area contributed by atoms with Crippen molar-refractivity contribution in [2.75, 3.05) is 5.75 Å². The van der Waals surface area contributed by atoms with Crippen LogP contribution in [-0.2, 0) is 4.79 Å². The molecule has 4 heteroatoms. The standard InChI is InChI=1S/C14H19NO2S/c1-9(2)13-12(10-6-4-3-5-7-10)15-11(8-18-13)14(16)17/h3-7,9,11-13,15H,8H2,1-2H3,(H,16,17). The van der Waals surface area contributed by atoms with Crippen LogP contribution < -0.4 is 5.32 Å². The van der Waals surface area contributed by atoms with Gasteiger partial charge in [-0.3, -0.25) is 10.1 Å². The largest absolute Gasteiger partial charge is 0.480 e. The van der Waals surface area contributed by atoms with Crippen molar-refractivity contribution in [3.05, 3.63) is 35.9 Å². The summed E-state index contributed by atoms with van der Waals surface area (Å²) < 4.78 is 0. The fourth-order valence-corrected chi connectivity index (χ4v) is 3.80. The van der Waals surface area contributed by atoms with Gasteiger partial charge in [0.1, 0.15) is 6.04 Å². The maximum absolute atomic E-state index is 11.1. The smallest absolute Gasteiger partial charge is 0.321 e. The van der Waals surface area contributed by atoms with Crippen molar-refractivity contribution < 1.29 is 9.90 Å². The van der Waals surface area contributed by atoms with Crippen LogP contribution in [0.25, 0.3) is 0 Å². The molecule has 18 heavy (non-hydrogen) atoms. The first kappa shape index (κ1) is 13.4. The van der Waals surface area contributed by atoms with Crippen molar-refractivity contribution in [2.24, 2.45) is 5.92 Å². The normalized spacial score (nSPS) is 28.3. The van der Waals surface area contributed by atoms with Crippen LogP contribution in [0.1, 0.15) is 25.5 Å². The van der Waals surface area contributed by atoms with Crippen molar-refractivity contribution in [3.8, 4) is 0 Å². The van der Waals surface area contributed by atoms with E-state index in [-0.39, 0.29) is 6.04 Å². The van der Waals surface area contributed by atoms with E-state index in [1.54, 1.807) is 11.8 Å². The van der Waals surface area contributed by atoms with Crippen molar-refractivity contribution in [2.45, 2.75) is 31.2 Å². The van der Waals surface area contributed by atoms with E-state index in [1.165, 1.54) is 5.56 Å². The third-order valence-corrected chi connectivity index (χ3v) is 5.01. The Bertz CT molecular complexity index is 408. The van der Waals surface area contributed by atoms with Crippen molar-refractivity contribution >= 4 is 17.7 Å². The second-order valence-corrected chi connectivity index (χ2v) is 6.20. The lowest BCUT2D eigenvalue weighted by molar-refractivity contribution is -0.139. The van der Waals surface area contributed by atoms with E-state index in [2.05, 4.69) is 31.3 Å². The second kappa shape index (κ2) is 5.76. The van der Waals surface area contributed by atoms with Crippen molar-refractivity contribution in [1.29, 1.82) is 0 Å². The highest BCUT2D eigenvalue weighted by atomic mass is 32.2. The summed E-state index contributed by atoms with van der Waals surface area (Å²) in [4.78, 5) is 11.1. The minimum atomic E-state index is -0.759. The van der Waals surface area contributed by atoms with E-state index in [0.29, 0.717) is 16.9 Å². The summed E-state index contributed by atoms with van der Waals surface area (Å²) in [6.07, 6.45) is 0. The molecule has 3 unspecified atom stereocenters. The van der Waals surface area contributed by atoms with Gasteiger partial charge in [0.15, 0.2) is 0 Å². The molecule has 0 amide bonds. The quantitative estimate of drug-likeness (QED) is 0.882. The molecule has 1 aliphatic rings. The SMILES string of the molecule is CC(C)C1SCC(C(=O)O)NC1c1ccccc1. The predicted molar refractivity (Wildman–Crippen MR) is 74.8 cm³/mol. The minimum Gasteiger partial charge on any atom is -0.480 e. The molecule has 3 atom stereocenters. The van der Waals surface area contributed by atoms with E-state index in [1.807, 2.05) is 18.2 Å². The molecule has 1 aromatic rings. The van der Waals surface area contributed by atoms with Crippen LogP contribution in [0.15, 0.2) is 30.3 Å². The third-order valence-electron chi connectivity index (χ3n) is 3.28. The number of aliphatic carboxylic acids is 1. The molecule has 1 aromatic carbocycles. The molecule has 2 N–H and O–H groups in total. The molecule has 3 nitrogen and oxygen atoms in total. The van der Waals surface area contributed by atoms with Crippen LogP contribution in [0.4, 0.5) is 0 Å². The molecular formula is C14H19NO2S. The third kappa shape index (κ3) is 2.87. The Kier molecular flexibility index (Phi) is 4.30. The Morgan fingerprint density at radius 2 is 2.06 bits per heavy atom. The van der Waals surface area contributed by atoms with Crippen molar-refractivity contribution in [1.82, 2.24) is 5.32 Å². The minimum absolute atomic E-state index is 0.117. The number of thioether (sulfide) groups is 1. The van der Waals surface area contributed by atoms with E-state index >= 15 is 0 Å². The van der Waals surface area contributed by atoms with E-state index < -0.39 is 12.0 Å². The lowest BCUT2D eigenvalue weighted by Crippen LogP contribution is -2.49. The lowest BCUT2D eigenvalue weighted by Gasteiger charge is -2.38. The van der Waals surface area contributed by atoms with Crippen LogP contribution in [0.3, 0.4) is 0 Å². The van der Waals surface area contributed by atoms with Crippen LogP contribution >= 0.6 is 11.8 Å². The van der Waals surface area contributed by atoms with Crippen molar-refractivity contribution in [3.63, 3.8) is 0 Å². The molecule has 0 aliphatic carbocycles. The van der Waals surface area contributed by atoms with Gasteiger partial charge in [-0.05, 0) is 11.5 Å². The molecule has 0 spiro atoms. The topological polar surface area (TPSA) is 49.3 Å². The Labute approximate surface area is 112 Å². The number of carbonyl (C=O) groups is 1. The summed E-state index contributed by atoms with van der Waals surface area (Å²) in [6, 6.07) is 9.79. The predicted octanol–water partition coefficient (Wildman–Crippen LogP) is 2.54. The number of carboxylic acids is 1. The second-order valence-electron chi connectivity index (χ2n) is 4.99. The summed E-state index contributed by atoms with van der Waals surface area (Å²) in [5.74, 6) is 0.398. The highest BCUT2D eigenvalue weighted by Crippen LogP contribution is 2.36. The highest BCUT2D eigenvalue weighted by molar-refractivity contribution is 8.00. The Hall–Kier alpha value is -1.00. The maximum atomic E-state index is 11.1. The summed E-state index contributed by atoms with van der Waals surface area (Å²) in [5.41, 5.74) is 1.18. The molecule has 98 valence electrons. The van der Waals surface area contributed by atoms with Crippen LogP contribution in [-0.4, -0.2) is 28.1 Å². The van der Waals surface area contributed by atoms with Crippen LogP contribution in [0.5, 0.6) is 0 Å². The van der Waals surface area contributed by atoms with Gasteiger partial charge >= 0.3 is 5.97 Å². The molecular weight excluding hydrogens is 246 g/mol. The Morgan fingerprint density at radius 3 is 2.61 bits per heavy atom. The van der Waals surface area contributed by atoms with Gasteiger partial charge in [0.2, 0.25) is 0 Å². The molecule has 0 bridgehead atoms. The summed E-state index contributed by atoms with van der Waals surface area (Å²) in [7, 11) is 0. The molecule has 0 radical (unpaired) electrons. The number of benzene rings is 1. The lowest BCUT2D eigenvalue weighted by atomic mass is 9.95. The molecule has 0 aromatic heterocycles. The van der Waals surface area contributed by atoms with Gasteiger partial charge in [-0.1, -0.05) is 44.2 Å². The average molecular weight is 265 g/mol. The Balaban J connectivity index is 2.23. The summed E-state index contributed by atoms with van der Waals surface area (Å²) >= 11 is 1.77. The highest BCUT2D eigenvalue weighted by Gasteiger charge is 2.35. The van der Waals surface area contributed by atoms with Crippen LogP contribution in [0, 0.1) is 5.92 Å². The molecule has 1 heterocycles. The fraction of sp³-hybridized carbons (Fsp3) is 0.500. The first-order valence-electron chi connectivity index (χ1n) is 6.25. The van der Waals surface area contributed by atoms with Gasteiger partial charge in [0, 0.05) is 17.0 Å². The van der Waals surface area contributed by atoms with Gasteiger partial charge in [-0.25, -0.2) is 0 Å². The number of nitrogens with one attached hydrogen (secondary N) is 1.